The number of hydrogen-bond acceptors (Lipinski definition) is 3. The van der Waals surface area contributed by atoms with Gasteiger partial charge in [0.1, 0.15) is 0 Å². The molecule has 3 nitrogen and oxygen atoms in total. The van der Waals surface area contributed by atoms with Crippen molar-refractivity contribution in [3.8, 4) is 11.5 Å². The average molecular weight is 375 g/mol. The monoisotopic (exact) mass is 374 g/mol. The Morgan fingerprint density at radius 2 is 1.65 bits per heavy atom. The first-order valence-corrected chi connectivity index (χ1v) is 8.31. The smallest absolute Gasteiger partial charge is 0.185 e. The fraction of sp³-hybridized carbons (Fsp3) is 0.211. The molecule has 0 aromatic heterocycles. The lowest BCUT2D eigenvalue weighted by molar-refractivity contribution is 0.104. The molecule has 0 unspecified atom stereocenters. The quantitative estimate of drug-likeness (QED) is 0.496. The summed E-state index contributed by atoms with van der Waals surface area (Å²) in [6.45, 7) is 4.89. The van der Waals surface area contributed by atoms with Crippen LogP contribution in [0.4, 0.5) is 0 Å². The number of allylic oxidation sites excluding steroid dienone is 1. The molecule has 2 rings (SSSR count). The lowest BCUT2D eigenvalue weighted by Crippen LogP contribution is -2.01. The van der Waals surface area contributed by atoms with Gasteiger partial charge in [-0.2, -0.15) is 0 Å². The van der Waals surface area contributed by atoms with E-state index in [0.717, 1.165) is 10.0 Å². The highest BCUT2D eigenvalue weighted by Crippen LogP contribution is 2.28. The van der Waals surface area contributed by atoms with Gasteiger partial charge in [0.15, 0.2) is 17.3 Å². The molecule has 0 saturated heterocycles. The third kappa shape index (κ3) is 4.96. The van der Waals surface area contributed by atoms with Crippen LogP contribution < -0.4 is 9.47 Å². The predicted octanol–water partition coefficient (Wildman–Crippen LogP) is 5.14. The summed E-state index contributed by atoms with van der Waals surface area (Å²) in [6, 6.07) is 13.0. The molecule has 0 aliphatic carbocycles. The van der Waals surface area contributed by atoms with E-state index in [1.165, 1.54) is 0 Å². The van der Waals surface area contributed by atoms with E-state index in [1.54, 1.807) is 30.4 Å². The van der Waals surface area contributed by atoms with Crippen LogP contribution in [-0.2, 0) is 0 Å². The molecule has 0 amide bonds. The van der Waals surface area contributed by atoms with E-state index >= 15 is 0 Å². The van der Waals surface area contributed by atoms with Crippen molar-refractivity contribution >= 4 is 27.8 Å². The third-order valence-electron chi connectivity index (χ3n) is 3.13. The Labute approximate surface area is 145 Å². The molecule has 0 atom stereocenters. The Hall–Kier alpha value is -2.07. The van der Waals surface area contributed by atoms with Crippen LogP contribution in [0.5, 0.6) is 11.5 Å². The molecule has 0 fully saturated rings. The molecule has 0 spiro atoms. The van der Waals surface area contributed by atoms with E-state index in [9.17, 15) is 4.79 Å². The molecule has 0 aliphatic heterocycles. The first-order valence-electron chi connectivity index (χ1n) is 7.51. The summed E-state index contributed by atoms with van der Waals surface area (Å²) in [6.07, 6.45) is 3.36. The van der Waals surface area contributed by atoms with Crippen molar-refractivity contribution in [3.05, 3.63) is 64.1 Å². The van der Waals surface area contributed by atoms with E-state index < -0.39 is 0 Å². The molecule has 23 heavy (non-hydrogen) atoms. The number of carbonyl (C=O) groups is 1. The summed E-state index contributed by atoms with van der Waals surface area (Å²) >= 11 is 3.39. The molecule has 0 saturated carbocycles. The maximum atomic E-state index is 12.3. The van der Waals surface area contributed by atoms with Gasteiger partial charge in [-0.25, -0.2) is 0 Å². The number of hydrogen-bond donors (Lipinski definition) is 0. The van der Waals surface area contributed by atoms with Crippen LogP contribution in [0.25, 0.3) is 6.08 Å². The normalized spacial score (nSPS) is 10.7. The highest BCUT2D eigenvalue weighted by Gasteiger charge is 2.09. The molecule has 120 valence electrons. The zero-order valence-corrected chi connectivity index (χ0v) is 14.8. The molecule has 0 radical (unpaired) electrons. The molecule has 2 aromatic rings. The van der Waals surface area contributed by atoms with Gasteiger partial charge in [0.25, 0.3) is 0 Å². The molecular formula is C19H19BrO3. The standard InChI is InChI=1S/C19H19BrO3/c1-3-22-18-12-8-15(13-19(18)23-4-2)17(21)11-7-14-5-9-16(20)10-6-14/h5-13H,3-4H2,1-2H3/b11-7+. The van der Waals surface area contributed by atoms with Crippen LogP contribution in [0.3, 0.4) is 0 Å². The number of carbonyl (C=O) groups excluding carboxylic acids is 1. The summed E-state index contributed by atoms with van der Waals surface area (Å²) in [4.78, 5) is 12.3. The van der Waals surface area contributed by atoms with Gasteiger partial charge < -0.3 is 9.47 Å². The van der Waals surface area contributed by atoms with E-state index in [2.05, 4.69) is 15.9 Å². The summed E-state index contributed by atoms with van der Waals surface area (Å²) in [5.74, 6) is 1.18. The maximum absolute atomic E-state index is 12.3. The molecule has 0 bridgehead atoms. The lowest BCUT2D eigenvalue weighted by atomic mass is 10.1. The molecule has 2 aromatic carbocycles. The third-order valence-corrected chi connectivity index (χ3v) is 3.65. The number of rotatable bonds is 7. The van der Waals surface area contributed by atoms with Crippen molar-refractivity contribution in [2.45, 2.75) is 13.8 Å². The molecule has 0 aliphatic rings. The van der Waals surface area contributed by atoms with E-state index in [4.69, 9.17) is 9.47 Å². The zero-order valence-electron chi connectivity index (χ0n) is 13.2. The van der Waals surface area contributed by atoms with Gasteiger partial charge in [-0.05, 0) is 55.8 Å². The van der Waals surface area contributed by atoms with Crippen LogP contribution in [0.1, 0.15) is 29.8 Å². The fourth-order valence-electron chi connectivity index (χ4n) is 2.05. The Balaban J connectivity index is 2.18. The van der Waals surface area contributed by atoms with Crippen molar-refractivity contribution in [2.75, 3.05) is 13.2 Å². The highest BCUT2D eigenvalue weighted by molar-refractivity contribution is 9.10. The number of halogens is 1. The topological polar surface area (TPSA) is 35.5 Å². The number of ether oxygens (including phenoxy) is 2. The summed E-state index contributed by atoms with van der Waals surface area (Å²) in [5, 5.41) is 0. The van der Waals surface area contributed by atoms with Gasteiger partial charge in [0.2, 0.25) is 0 Å². The van der Waals surface area contributed by atoms with Gasteiger partial charge in [-0.1, -0.05) is 34.1 Å². The van der Waals surface area contributed by atoms with Gasteiger partial charge in [0, 0.05) is 10.0 Å². The van der Waals surface area contributed by atoms with Crippen molar-refractivity contribution < 1.29 is 14.3 Å². The van der Waals surface area contributed by atoms with E-state index in [1.807, 2.05) is 38.1 Å². The Kier molecular flexibility index (Phi) is 6.41. The van der Waals surface area contributed by atoms with Crippen molar-refractivity contribution in [3.63, 3.8) is 0 Å². The van der Waals surface area contributed by atoms with Gasteiger partial charge in [-0.3, -0.25) is 4.79 Å². The summed E-state index contributed by atoms with van der Waals surface area (Å²) in [7, 11) is 0. The van der Waals surface area contributed by atoms with Crippen molar-refractivity contribution in [2.24, 2.45) is 0 Å². The fourth-order valence-corrected chi connectivity index (χ4v) is 2.31. The van der Waals surface area contributed by atoms with Gasteiger partial charge >= 0.3 is 0 Å². The Bertz CT molecular complexity index is 690. The Morgan fingerprint density at radius 3 is 2.30 bits per heavy atom. The minimum Gasteiger partial charge on any atom is -0.490 e. The molecule has 4 heteroatoms. The van der Waals surface area contributed by atoms with E-state index in [-0.39, 0.29) is 5.78 Å². The zero-order chi connectivity index (χ0) is 16.7. The maximum Gasteiger partial charge on any atom is 0.185 e. The lowest BCUT2D eigenvalue weighted by Gasteiger charge is -2.11. The highest BCUT2D eigenvalue weighted by atomic mass is 79.9. The first-order chi connectivity index (χ1) is 11.1. The second-order valence-corrected chi connectivity index (χ2v) is 5.69. The number of benzene rings is 2. The Morgan fingerprint density at radius 1 is 1.00 bits per heavy atom. The molecular weight excluding hydrogens is 356 g/mol. The number of ketones is 1. The van der Waals surface area contributed by atoms with Gasteiger partial charge in [0.05, 0.1) is 13.2 Å². The molecule has 0 heterocycles. The van der Waals surface area contributed by atoms with Gasteiger partial charge in [-0.15, -0.1) is 0 Å². The van der Waals surface area contributed by atoms with Crippen LogP contribution in [0.2, 0.25) is 0 Å². The second-order valence-electron chi connectivity index (χ2n) is 4.78. The minimum absolute atomic E-state index is 0.0723. The minimum atomic E-state index is -0.0723. The largest absolute Gasteiger partial charge is 0.490 e. The first kappa shape index (κ1) is 17.3. The van der Waals surface area contributed by atoms with Crippen LogP contribution in [-0.4, -0.2) is 19.0 Å². The summed E-state index contributed by atoms with van der Waals surface area (Å²) in [5.41, 5.74) is 1.54. The van der Waals surface area contributed by atoms with Crippen molar-refractivity contribution in [1.82, 2.24) is 0 Å². The van der Waals surface area contributed by atoms with Crippen LogP contribution in [0.15, 0.2) is 53.0 Å². The molecule has 0 N–H and O–H groups in total. The van der Waals surface area contributed by atoms with Crippen LogP contribution in [0, 0.1) is 0 Å². The van der Waals surface area contributed by atoms with E-state index in [0.29, 0.717) is 30.3 Å². The summed E-state index contributed by atoms with van der Waals surface area (Å²) < 4.78 is 12.1. The predicted molar refractivity (Wildman–Crippen MR) is 96.3 cm³/mol. The average Bonchev–Trinajstić information content (AvgIpc) is 2.56. The van der Waals surface area contributed by atoms with Crippen LogP contribution >= 0.6 is 15.9 Å². The van der Waals surface area contributed by atoms with Crippen molar-refractivity contribution in [1.29, 1.82) is 0 Å². The SMILES string of the molecule is CCOc1ccc(C(=O)/C=C/c2ccc(Br)cc2)cc1OCC. The second kappa shape index (κ2) is 8.53.